The SMILES string of the molecule is CN(C)c1ccc(-c2ccc(-c3ccn[nH]3)cc2)nn1. The lowest BCUT2D eigenvalue weighted by Gasteiger charge is -2.10. The van der Waals surface area contributed by atoms with Crippen LogP contribution in [0, 0.1) is 0 Å². The second-order valence-corrected chi connectivity index (χ2v) is 4.72. The quantitative estimate of drug-likeness (QED) is 0.790. The smallest absolute Gasteiger partial charge is 0.150 e. The lowest BCUT2D eigenvalue weighted by molar-refractivity contribution is 0.969. The molecule has 0 unspecified atom stereocenters. The van der Waals surface area contributed by atoms with E-state index in [1.165, 1.54) is 0 Å². The molecule has 0 saturated carbocycles. The molecule has 5 heteroatoms. The molecule has 0 spiro atoms. The Morgan fingerprint density at radius 3 is 2.15 bits per heavy atom. The fourth-order valence-corrected chi connectivity index (χ4v) is 1.95. The summed E-state index contributed by atoms with van der Waals surface area (Å²) in [6.45, 7) is 0. The Balaban J connectivity index is 1.87. The van der Waals surface area contributed by atoms with Crippen LogP contribution in [0.25, 0.3) is 22.5 Å². The van der Waals surface area contributed by atoms with Gasteiger partial charge in [-0.25, -0.2) is 0 Å². The Morgan fingerprint density at radius 1 is 0.850 bits per heavy atom. The van der Waals surface area contributed by atoms with E-state index in [4.69, 9.17) is 0 Å². The third kappa shape index (κ3) is 2.38. The first-order chi connectivity index (χ1) is 9.74. The summed E-state index contributed by atoms with van der Waals surface area (Å²) in [6, 6.07) is 14.1. The Kier molecular flexibility index (Phi) is 3.16. The van der Waals surface area contributed by atoms with Crippen LogP contribution in [0.1, 0.15) is 0 Å². The molecule has 100 valence electrons. The molecule has 0 bridgehead atoms. The summed E-state index contributed by atoms with van der Waals surface area (Å²) in [4.78, 5) is 1.93. The highest BCUT2D eigenvalue weighted by atomic mass is 15.2. The summed E-state index contributed by atoms with van der Waals surface area (Å²) in [5.74, 6) is 0.850. The van der Waals surface area contributed by atoms with E-state index in [0.29, 0.717) is 0 Å². The van der Waals surface area contributed by atoms with Crippen molar-refractivity contribution in [3.63, 3.8) is 0 Å². The molecule has 1 aromatic carbocycles. The number of rotatable bonds is 3. The standard InChI is InChI=1S/C15H15N5/c1-20(2)15-8-7-13(18-19-15)11-3-5-12(6-4-11)14-9-10-16-17-14/h3-10H,1-2H3,(H,16,17). The van der Waals surface area contributed by atoms with E-state index in [-0.39, 0.29) is 0 Å². The minimum absolute atomic E-state index is 0.850. The fraction of sp³-hybridized carbons (Fsp3) is 0.133. The van der Waals surface area contributed by atoms with Crippen LogP contribution < -0.4 is 4.90 Å². The number of anilines is 1. The summed E-state index contributed by atoms with van der Waals surface area (Å²) in [5, 5.41) is 15.3. The third-order valence-electron chi connectivity index (χ3n) is 3.10. The molecule has 0 atom stereocenters. The van der Waals surface area contributed by atoms with Gasteiger partial charge >= 0.3 is 0 Å². The zero-order valence-corrected chi connectivity index (χ0v) is 11.4. The van der Waals surface area contributed by atoms with Gasteiger partial charge in [0.25, 0.3) is 0 Å². The minimum atomic E-state index is 0.850. The average Bonchev–Trinajstić information content (AvgIpc) is 3.02. The number of nitrogens with one attached hydrogen (secondary N) is 1. The van der Waals surface area contributed by atoms with E-state index in [1.54, 1.807) is 6.20 Å². The normalized spacial score (nSPS) is 10.5. The molecule has 0 amide bonds. The van der Waals surface area contributed by atoms with Gasteiger partial charge in [0.2, 0.25) is 0 Å². The molecular weight excluding hydrogens is 250 g/mol. The number of aromatic amines is 1. The van der Waals surface area contributed by atoms with Crippen LogP contribution in [0.4, 0.5) is 5.82 Å². The molecule has 5 nitrogen and oxygen atoms in total. The molecule has 3 rings (SSSR count). The average molecular weight is 265 g/mol. The molecule has 0 fully saturated rings. The predicted octanol–water partition coefficient (Wildman–Crippen LogP) is 2.60. The summed E-state index contributed by atoms with van der Waals surface area (Å²) < 4.78 is 0. The van der Waals surface area contributed by atoms with Crippen LogP contribution in [-0.4, -0.2) is 34.5 Å². The molecule has 0 saturated heterocycles. The van der Waals surface area contributed by atoms with Crippen LogP contribution in [-0.2, 0) is 0 Å². The largest absolute Gasteiger partial charge is 0.361 e. The molecule has 0 aliphatic rings. The Labute approximate surface area is 117 Å². The highest BCUT2D eigenvalue weighted by Gasteiger charge is 2.04. The van der Waals surface area contributed by atoms with Crippen molar-refractivity contribution in [2.24, 2.45) is 0 Å². The van der Waals surface area contributed by atoms with E-state index >= 15 is 0 Å². The van der Waals surface area contributed by atoms with E-state index in [2.05, 4.69) is 20.4 Å². The molecule has 20 heavy (non-hydrogen) atoms. The maximum atomic E-state index is 4.25. The second kappa shape index (κ2) is 5.13. The van der Waals surface area contributed by atoms with Gasteiger partial charge in [-0.3, -0.25) is 5.10 Å². The van der Waals surface area contributed by atoms with E-state index in [0.717, 1.165) is 28.3 Å². The Hall–Kier alpha value is -2.69. The molecule has 2 heterocycles. The molecule has 0 radical (unpaired) electrons. The van der Waals surface area contributed by atoms with Crippen molar-refractivity contribution in [1.29, 1.82) is 0 Å². The number of hydrogen-bond donors (Lipinski definition) is 1. The summed E-state index contributed by atoms with van der Waals surface area (Å²) >= 11 is 0. The van der Waals surface area contributed by atoms with Crippen LogP contribution in [0.5, 0.6) is 0 Å². The van der Waals surface area contributed by atoms with E-state index < -0.39 is 0 Å². The van der Waals surface area contributed by atoms with Gasteiger partial charge in [-0.15, -0.1) is 10.2 Å². The van der Waals surface area contributed by atoms with E-state index in [9.17, 15) is 0 Å². The number of benzene rings is 1. The maximum absolute atomic E-state index is 4.25. The van der Waals surface area contributed by atoms with Crippen LogP contribution in [0.15, 0.2) is 48.7 Å². The number of hydrogen-bond acceptors (Lipinski definition) is 4. The van der Waals surface area contributed by atoms with Gasteiger partial charge in [0.15, 0.2) is 5.82 Å². The number of nitrogens with zero attached hydrogens (tertiary/aromatic N) is 4. The minimum Gasteiger partial charge on any atom is -0.361 e. The van der Waals surface area contributed by atoms with Gasteiger partial charge < -0.3 is 4.90 Å². The van der Waals surface area contributed by atoms with Gasteiger partial charge in [0.05, 0.1) is 11.4 Å². The molecule has 3 aromatic rings. The summed E-state index contributed by atoms with van der Waals surface area (Å²) in [5.41, 5.74) is 4.02. The summed E-state index contributed by atoms with van der Waals surface area (Å²) in [6.07, 6.45) is 1.74. The Morgan fingerprint density at radius 2 is 1.60 bits per heavy atom. The van der Waals surface area contributed by atoms with Crippen molar-refractivity contribution in [3.05, 3.63) is 48.7 Å². The predicted molar refractivity (Wildman–Crippen MR) is 79.4 cm³/mol. The first kappa shape index (κ1) is 12.3. The first-order valence-electron chi connectivity index (χ1n) is 6.35. The van der Waals surface area contributed by atoms with Crippen LogP contribution >= 0.6 is 0 Å². The topological polar surface area (TPSA) is 57.7 Å². The molecule has 2 aromatic heterocycles. The van der Waals surface area contributed by atoms with Gasteiger partial charge in [-0.05, 0) is 23.8 Å². The van der Waals surface area contributed by atoms with Crippen molar-refractivity contribution in [1.82, 2.24) is 20.4 Å². The summed E-state index contributed by atoms with van der Waals surface area (Å²) in [7, 11) is 3.89. The lowest BCUT2D eigenvalue weighted by Crippen LogP contribution is -2.11. The lowest BCUT2D eigenvalue weighted by atomic mass is 10.1. The van der Waals surface area contributed by atoms with Crippen molar-refractivity contribution in [3.8, 4) is 22.5 Å². The zero-order chi connectivity index (χ0) is 13.9. The molecule has 0 aliphatic carbocycles. The monoisotopic (exact) mass is 265 g/mol. The number of aromatic nitrogens is 4. The Bertz CT molecular complexity index is 669. The zero-order valence-electron chi connectivity index (χ0n) is 11.4. The number of H-pyrrole nitrogens is 1. The highest BCUT2D eigenvalue weighted by molar-refractivity contribution is 5.66. The third-order valence-corrected chi connectivity index (χ3v) is 3.10. The van der Waals surface area contributed by atoms with Crippen molar-refractivity contribution in [2.45, 2.75) is 0 Å². The van der Waals surface area contributed by atoms with Gasteiger partial charge in [-0.2, -0.15) is 5.10 Å². The van der Waals surface area contributed by atoms with Gasteiger partial charge in [0.1, 0.15) is 0 Å². The van der Waals surface area contributed by atoms with Crippen LogP contribution in [0.3, 0.4) is 0 Å². The second-order valence-electron chi connectivity index (χ2n) is 4.72. The maximum Gasteiger partial charge on any atom is 0.150 e. The highest BCUT2D eigenvalue weighted by Crippen LogP contribution is 2.22. The van der Waals surface area contributed by atoms with E-state index in [1.807, 2.05) is 61.5 Å². The first-order valence-corrected chi connectivity index (χ1v) is 6.35. The molecule has 1 N–H and O–H groups in total. The van der Waals surface area contributed by atoms with Crippen molar-refractivity contribution < 1.29 is 0 Å². The fourth-order valence-electron chi connectivity index (χ4n) is 1.95. The molecular formula is C15H15N5. The van der Waals surface area contributed by atoms with Gasteiger partial charge in [-0.1, -0.05) is 24.3 Å². The van der Waals surface area contributed by atoms with Gasteiger partial charge in [0, 0.05) is 25.9 Å². The van der Waals surface area contributed by atoms with Crippen molar-refractivity contribution >= 4 is 5.82 Å². The van der Waals surface area contributed by atoms with Crippen molar-refractivity contribution in [2.75, 3.05) is 19.0 Å². The molecule has 0 aliphatic heterocycles. The van der Waals surface area contributed by atoms with Crippen LogP contribution in [0.2, 0.25) is 0 Å².